The first-order chi connectivity index (χ1) is 9.22. The molecule has 0 aliphatic heterocycles. The predicted molar refractivity (Wildman–Crippen MR) is 79.6 cm³/mol. The fourth-order valence-corrected chi connectivity index (χ4v) is 3.77. The van der Waals surface area contributed by atoms with Crippen molar-refractivity contribution in [3.05, 3.63) is 30.1 Å². The zero-order valence-corrected chi connectivity index (χ0v) is 11.7. The quantitative estimate of drug-likeness (QED) is 0.827. The first-order valence-corrected chi connectivity index (χ1v) is 7.42. The predicted octanol–water partition coefficient (Wildman–Crippen LogP) is 3.55. The second kappa shape index (κ2) is 5.45. The molecule has 2 saturated carbocycles. The van der Waals surface area contributed by atoms with Gasteiger partial charge >= 0.3 is 0 Å². The zero-order valence-electron chi connectivity index (χ0n) is 10.9. The molecule has 0 heterocycles. The molecule has 0 saturated heterocycles. The van der Waals surface area contributed by atoms with Crippen molar-refractivity contribution in [2.45, 2.75) is 25.7 Å². The molecule has 4 heteroatoms. The maximum absolute atomic E-state index is 13.5. The summed E-state index contributed by atoms with van der Waals surface area (Å²) in [5.41, 5.74) is 0.438. The lowest BCUT2D eigenvalue weighted by Crippen LogP contribution is -2.34. The van der Waals surface area contributed by atoms with Crippen LogP contribution >= 0.6 is 12.2 Å². The molecule has 0 amide bonds. The summed E-state index contributed by atoms with van der Waals surface area (Å²) in [6, 6.07) is 6.60. The number of thiocarbonyl (C=S) groups is 1. The second-order valence-electron chi connectivity index (χ2n) is 5.75. The largest absolute Gasteiger partial charge is 0.362 e. The van der Waals surface area contributed by atoms with Crippen LogP contribution in [-0.4, -0.2) is 11.7 Å². The normalized spacial score (nSPS) is 28.4. The molecule has 0 aromatic heterocycles. The van der Waals surface area contributed by atoms with E-state index in [1.165, 1.54) is 31.7 Å². The molecule has 1 aromatic carbocycles. The molecule has 3 atom stereocenters. The molecule has 2 aliphatic carbocycles. The van der Waals surface area contributed by atoms with Gasteiger partial charge in [-0.1, -0.05) is 18.6 Å². The van der Waals surface area contributed by atoms with Gasteiger partial charge in [-0.3, -0.25) is 0 Å². The number of rotatable bonds is 3. The van der Waals surface area contributed by atoms with Gasteiger partial charge in [-0.05, 0) is 61.4 Å². The molecule has 2 bridgehead atoms. The topological polar surface area (TPSA) is 24.1 Å². The number of para-hydroxylation sites is 1. The van der Waals surface area contributed by atoms with Gasteiger partial charge in [0.2, 0.25) is 0 Å². The van der Waals surface area contributed by atoms with Crippen LogP contribution in [0.25, 0.3) is 0 Å². The molecular weight excluding hydrogens is 259 g/mol. The molecule has 0 radical (unpaired) electrons. The fourth-order valence-electron chi connectivity index (χ4n) is 3.58. The van der Waals surface area contributed by atoms with Crippen molar-refractivity contribution in [1.82, 2.24) is 5.32 Å². The summed E-state index contributed by atoms with van der Waals surface area (Å²) < 4.78 is 13.5. The van der Waals surface area contributed by atoms with Gasteiger partial charge < -0.3 is 10.6 Å². The van der Waals surface area contributed by atoms with Crippen LogP contribution in [0.3, 0.4) is 0 Å². The summed E-state index contributed by atoms with van der Waals surface area (Å²) in [7, 11) is 0. The number of anilines is 1. The third-order valence-electron chi connectivity index (χ3n) is 4.53. The number of halogens is 1. The Labute approximate surface area is 118 Å². The van der Waals surface area contributed by atoms with E-state index >= 15 is 0 Å². The lowest BCUT2D eigenvalue weighted by molar-refractivity contribution is 0.332. The second-order valence-corrected chi connectivity index (χ2v) is 6.16. The number of hydrogen-bond acceptors (Lipinski definition) is 1. The van der Waals surface area contributed by atoms with Gasteiger partial charge in [0.1, 0.15) is 5.82 Å². The Bertz CT molecular complexity index is 477. The van der Waals surface area contributed by atoms with Crippen LogP contribution in [0.5, 0.6) is 0 Å². The van der Waals surface area contributed by atoms with Crippen LogP contribution in [0.4, 0.5) is 10.1 Å². The minimum Gasteiger partial charge on any atom is -0.362 e. The average Bonchev–Trinajstić information content (AvgIpc) is 3.01. The molecule has 102 valence electrons. The maximum atomic E-state index is 13.5. The average molecular weight is 278 g/mol. The van der Waals surface area contributed by atoms with E-state index < -0.39 is 0 Å². The lowest BCUT2D eigenvalue weighted by Gasteiger charge is -2.22. The van der Waals surface area contributed by atoms with Gasteiger partial charge in [0, 0.05) is 6.54 Å². The van der Waals surface area contributed by atoms with Gasteiger partial charge in [0.25, 0.3) is 0 Å². The van der Waals surface area contributed by atoms with Gasteiger partial charge in [-0.2, -0.15) is 0 Å². The monoisotopic (exact) mass is 278 g/mol. The standard InChI is InChI=1S/C15H19FN2S/c16-13-3-1-2-4-14(13)18-15(19)17-9-12-8-10-5-6-11(12)7-10/h1-4,10-12H,5-9H2,(H2,17,18,19). The first kappa shape index (κ1) is 12.9. The van der Waals surface area contributed by atoms with Crippen LogP contribution < -0.4 is 10.6 Å². The van der Waals surface area contributed by atoms with Gasteiger partial charge in [0.05, 0.1) is 5.69 Å². The number of benzene rings is 1. The Hall–Kier alpha value is -1.16. The number of fused-ring (bicyclic) bond motifs is 2. The third kappa shape index (κ3) is 2.89. The smallest absolute Gasteiger partial charge is 0.170 e. The van der Waals surface area contributed by atoms with Crippen LogP contribution in [0.15, 0.2) is 24.3 Å². The first-order valence-electron chi connectivity index (χ1n) is 7.02. The Morgan fingerprint density at radius 1 is 1.26 bits per heavy atom. The van der Waals surface area contributed by atoms with Crippen molar-refractivity contribution in [1.29, 1.82) is 0 Å². The zero-order chi connectivity index (χ0) is 13.2. The molecule has 3 rings (SSSR count). The highest BCUT2D eigenvalue weighted by Gasteiger charge is 2.39. The molecule has 19 heavy (non-hydrogen) atoms. The van der Waals surface area contributed by atoms with Crippen molar-refractivity contribution >= 4 is 23.0 Å². The van der Waals surface area contributed by atoms with Crippen molar-refractivity contribution < 1.29 is 4.39 Å². The minimum atomic E-state index is -0.272. The molecule has 3 unspecified atom stereocenters. The van der Waals surface area contributed by atoms with E-state index in [9.17, 15) is 4.39 Å². The summed E-state index contributed by atoms with van der Waals surface area (Å²) in [6.07, 6.45) is 5.53. The Balaban J connectivity index is 1.48. The van der Waals surface area contributed by atoms with E-state index in [0.717, 1.165) is 24.3 Å². The summed E-state index contributed by atoms with van der Waals surface area (Å²) in [4.78, 5) is 0. The van der Waals surface area contributed by atoms with E-state index in [2.05, 4.69) is 10.6 Å². The van der Waals surface area contributed by atoms with Crippen LogP contribution in [-0.2, 0) is 0 Å². The van der Waals surface area contributed by atoms with Crippen LogP contribution in [0.1, 0.15) is 25.7 Å². The summed E-state index contributed by atoms with van der Waals surface area (Å²) >= 11 is 5.23. The van der Waals surface area contributed by atoms with Crippen molar-refractivity contribution in [3.8, 4) is 0 Å². The fraction of sp³-hybridized carbons (Fsp3) is 0.533. The van der Waals surface area contributed by atoms with Crippen molar-refractivity contribution in [3.63, 3.8) is 0 Å². The van der Waals surface area contributed by atoms with Crippen LogP contribution in [0.2, 0.25) is 0 Å². The van der Waals surface area contributed by atoms with Gasteiger partial charge in [-0.15, -0.1) is 0 Å². The summed E-state index contributed by atoms with van der Waals surface area (Å²) in [5.74, 6) is 2.31. The third-order valence-corrected chi connectivity index (χ3v) is 4.78. The number of hydrogen-bond donors (Lipinski definition) is 2. The van der Waals surface area contributed by atoms with E-state index in [1.807, 2.05) is 0 Å². The van der Waals surface area contributed by atoms with Gasteiger partial charge in [0.15, 0.2) is 5.11 Å². The van der Waals surface area contributed by atoms with E-state index in [4.69, 9.17) is 12.2 Å². The summed E-state index contributed by atoms with van der Waals surface area (Å²) in [5, 5.41) is 6.68. The molecule has 2 aliphatic rings. The molecule has 2 N–H and O–H groups in total. The highest BCUT2D eigenvalue weighted by Crippen LogP contribution is 2.47. The van der Waals surface area contributed by atoms with E-state index in [-0.39, 0.29) is 5.82 Å². The van der Waals surface area contributed by atoms with E-state index in [1.54, 1.807) is 18.2 Å². The Morgan fingerprint density at radius 3 is 2.79 bits per heavy atom. The molecule has 2 nitrogen and oxygen atoms in total. The van der Waals surface area contributed by atoms with Crippen LogP contribution in [0, 0.1) is 23.6 Å². The Morgan fingerprint density at radius 2 is 2.11 bits per heavy atom. The van der Waals surface area contributed by atoms with Crippen molar-refractivity contribution in [2.24, 2.45) is 17.8 Å². The summed E-state index contributed by atoms with van der Waals surface area (Å²) in [6.45, 7) is 0.918. The Kier molecular flexibility index (Phi) is 3.69. The lowest BCUT2D eigenvalue weighted by atomic mass is 9.89. The SMILES string of the molecule is Fc1ccccc1NC(=S)NCC1CC2CCC1C2. The highest BCUT2D eigenvalue weighted by atomic mass is 32.1. The highest BCUT2D eigenvalue weighted by molar-refractivity contribution is 7.80. The van der Waals surface area contributed by atoms with Gasteiger partial charge in [-0.25, -0.2) is 4.39 Å². The molecule has 1 aromatic rings. The van der Waals surface area contributed by atoms with E-state index in [0.29, 0.717) is 10.8 Å². The molecular formula is C15H19FN2S. The van der Waals surface area contributed by atoms with Crippen molar-refractivity contribution in [2.75, 3.05) is 11.9 Å². The minimum absolute atomic E-state index is 0.272. The maximum Gasteiger partial charge on any atom is 0.170 e. The number of nitrogens with one attached hydrogen (secondary N) is 2. The molecule has 0 spiro atoms. The molecule has 2 fully saturated rings.